The molecule has 0 heterocycles. The first-order valence-electron chi connectivity index (χ1n) is 6.93. The van der Waals surface area contributed by atoms with Crippen molar-refractivity contribution in [2.45, 2.75) is 6.92 Å². The minimum Gasteiger partial charge on any atom is -0.497 e. The van der Waals surface area contributed by atoms with Crippen molar-refractivity contribution >= 4 is 23.7 Å². The summed E-state index contributed by atoms with van der Waals surface area (Å²) in [7, 11) is 1.58. The lowest BCUT2D eigenvalue weighted by atomic mass is 10.2. The molecule has 0 saturated carbocycles. The molecule has 0 bridgehead atoms. The number of carbonyl (C=O) groups is 2. The van der Waals surface area contributed by atoms with E-state index in [4.69, 9.17) is 4.74 Å². The van der Waals surface area contributed by atoms with Crippen molar-refractivity contribution in [2.24, 2.45) is 5.10 Å². The fourth-order valence-electron chi connectivity index (χ4n) is 1.73. The molecule has 6 nitrogen and oxygen atoms in total. The number of nitrogens with one attached hydrogen (secondary N) is 2. The third kappa shape index (κ3) is 4.96. The minimum atomic E-state index is -0.838. The van der Waals surface area contributed by atoms with Crippen molar-refractivity contribution in [3.05, 3.63) is 59.7 Å². The number of hydrogen-bond acceptors (Lipinski definition) is 4. The second kappa shape index (κ2) is 7.74. The van der Waals surface area contributed by atoms with Crippen LogP contribution >= 0.6 is 0 Å². The topological polar surface area (TPSA) is 79.8 Å². The van der Waals surface area contributed by atoms with E-state index in [1.807, 2.05) is 19.1 Å². The average molecular weight is 311 g/mol. The lowest BCUT2D eigenvalue weighted by Gasteiger charge is -2.04. The standard InChI is InChI=1S/C17H17N3O3/c1-12-3-7-14(8-4-12)19-16(21)17(22)20-18-11-13-5-9-15(23-2)10-6-13/h3-11H,1-2H3,(H,19,21)(H,20,22)/b18-11+. The van der Waals surface area contributed by atoms with E-state index in [-0.39, 0.29) is 0 Å². The van der Waals surface area contributed by atoms with Gasteiger partial charge in [0.15, 0.2) is 0 Å². The molecule has 0 aromatic heterocycles. The third-order valence-corrected chi connectivity index (χ3v) is 3.01. The van der Waals surface area contributed by atoms with E-state index < -0.39 is 11.8 Å². The number of nitrogens with zero attached hydrogens (tertiary/aromatic N) is 1. The van der Waals surface area contributed by atoms with Crippen molar-refractivity contribution in [1.82, 2.24) is 5.43 Å². The van der Waals surface area contributed by atoms with E-state index in [0.29, 0.717) is 5.69 Å². The highest BCUT2D eigenvalue weighted by molar-refractivity contribution is 6.39. The van der Waals surface area contributed by atoms with Gasteiger partial charge in [0, 0.05) is 5.69 Å². The summed E-state index contributed by atoms with van der Waals surface area (Å²) in [6, 6.07) is 14.2. The molecule has 118 valence electrons. The Morgan fingerprint density at radius 3 is 2.26 bits per heavy atom. The summed E-state index contributed by atoms with van der Waals surface area (Å²) in [6.07, 6.45) is 1.44. The summed E-state index contributed by atoms with van der Waals surface area (Å²) in [5, 5.41) is 6.24. The number of amides is 2. The number of anilines is 1. The van der Waals surface area contributed by atoms with Gasteiger partial charge in [-0.1, -0.05) is 17.7 Å². The first-order chi connectivity index (χ1) is 11.1. The first kappa shape index (κ1) is 16.2. The van der Waals surface area contributed by atoms with Gasteiger partial charge >= 0.3 is 11.8 Å². The van der Waals surface area contributed by atoms with Crippen LogP contribution in [0.5, 0.6) is 5.75 Å². The summed E-state index contributed by atoms with van der Waals surface area (Å²) < 4.78 is 5.04. The number of hydrazone groups is 1. The van der Waals surface area contributed by atoms with E-state index in [1.165, 1.54) is 6.21 Å². The third-order valence-electron chi connectivity index (χ3n) is 3.01. The molecule has 0 unspecified atom stereocenters. The maximum Gasteiger partial charge on any atom is 0.329 e. The van der Waals surface area contributed by atoms with Crippen LogP contribution in [0.3, 0.4) is 0 Å². The zero-order valence-electron chi connectivity index (χ0n) is 12.9. The molecule has 2 N–H and O–H groups in total. The summed E-state index contributed by atoms with van der Waals surface area (Å²) in [4.78, 5) is 23.4. The van der Waals surface area contributed by atoms with Gasteiger partial charge in [-0.2, -0.15) is 5.10 Å². The number of methoxy groups -OCH3 is 1. The van der Waals surface area contributed by atoms with Crippen LogP contribution in [0.4, 0.5) is 5.69 Å². The monoisotopic (exact) mass is 311 g/mol. The largest absolute Gasteiger partial charge is 0.497 e. The second-order valence-corrected chi connectivity index (χ2v) is 4.79. The van der Waals surface area contributed by atoms with Crippen molar-refractivity contribution in [2.75, 3.05) is 12.4 Å². The Labute approximate surface area is 134 Å². The van der Waals surface area contributed by atoms with Gasteiger partial charge in [-0.3, -0.25) is 9.59 Å². The molecule has 0 fully saturated rings. The molecule has 0 spiro atoms. The van der Waals surface area contributed by atoms with Crippen LogP contribution in [0.2, 0.25) is 0 Å². The van der Waals surface area contributed by atoms with Crippen LogP contribution in [0.15, 0.2) is 53.6 Å². The summed E-state index contributed by atoms with van der Waals surface area (Å²) in [5.41, 5.74) is 4.56. The fraction of sp³-hybridized carbons (Fsp3) is 0.118. The van der Waals surface area contributed by atoms with Gasteiger partial charge in [0.2, 0.25) is 0 Å². The van der Waals surface area contributed by atoms with Crippen LogP contribution in [0.1, 0.15) is 11.1 Å². The van der Waals surface area contributed by atoms with Crippen LogP contribution in [0, 0.1) is 6.92 Å². The molecule has 0 atom stereocenters. The number of aryl methyl sites for hydroxylation is 1. The Hall–Kier alpha value is -3.15. The summed E-state index contributed by atoms with van der Waals surface area (Å²) in [5.74, 6) is -0.889. The quantitative estimate of drug-likeness (QED) is 0.515. The van der Waals surface area contributed by atoms with Gasteiger partial charge in [0.05, 0.1) is 13.3 Å². The molecule has 2 aromatic carbocycles. The smallest absolute Gasteiger partial charge is 0.329 e. The molecule has 0 aliphatic rings. The van der Waals surface area contributed by atoms with Gasteiger partial charge in [0.1, 0.15) is 5.75 Å². The normalized spacial score (nSPS) is 10.3. The molecule has 0 aliphatic carbocycles. The fourth-order valence-corrected chi connectivity index (χ4v) is 1.73. The maximum atomic E-state index is 11.7. The molecular weight excluding hydrogens is 294 g/mol. The highest BCUT2D eigenvalue weighted by atomic mass is 16.5. The van der Waals surface area contributed by atoms with Gasteiger partial charge < -0.3 is 10.1 Å². The summed E-state index contributed by atoms with van der Waals surface area (Å²) >= 11 is 0. The first-order valence-corrected chi connectivity index (χ1v) is 6.93. The van der Waals surface area contributed by atoms with Gasteiger partial charge in [-0.15, -0.1) is 0 Å². The number of carbonyl (C=O) groups excluding carboxylic acids is 2. The molecule has 0 aliphatic heterocycles. The zero-order valence-corrected chi connectivity index (χ0v) is 12.9. The lowest BCUT2D eigenvalue weighted by molar-refractivity contribution is -0.136. The van der Waals surface area contributed by atoms with E-state index in [2.05, 4.69) is 15.8 Å². The van der Waals surface area contributed by atoms with Crippen LogP contribution in [0.25, 0.3) is 0 Å². The Morgan fingerprint density at radius 1 is 1.00 bits per heavy atom. The Kier molecular flexibility index (Phi) is 5.46. The van der Waals surface area contributed by atoms with E-state index in [9.17, 15) is 9.59 Å². The molecule has 0 saturated heterocycles. The van der Waals surface area contributed by atoms with Crippen LogP contribution in [-0.2, 0) is 9.59 Å². The number of ether oxygens (including phenoxy) is 1. The molecule has 2 rings (SSSR count). The number of rotatable bonds is 4. The van der Waals surface area contributed by atoms with E-state index >= 15 is 0 Å². The molecule has 23 heavy (non-hydrogen) atoms. The Bertz CT molecular complexity index is 707. The Morgan fingerprint density at radius 2 is 1.65 bits per heavy atom. The van der Waals surface area contributed by atoms with Gasteiger partial charge in [0.25, 0.3) is 0 Å². The van der Waals surface area contributed by atoms with Crippen LogP contribution < -0.4 is 15.5 Å². The molecular formula is C17H17N3O3. The second-order valence-electron chi connectivity index (χ2n) is 4.79. The Balaban J connectivity index is 1.86. The predicted octanol–water partition coefficient (Wildman–Crippen LogP) is 2.09. The highest BCUT2D eigenvalue weighted by Gasteiger charge is 2.12. The van der Waals surface area contributed by atoms with Crippen molar-refractivity contribution in [1.29, 1.82) is 0 Å². The maximum absolute atomic E-state index is 11.7. The number of benzene rings is 2. The van der Waals surface area contributed by atoms with Crippen molar-refractivity contribution < 1.29 is 14.3 Å². The van der Waals surface area contributed by atoms with Gasteiger partial charge in [-0.25, -0.2) is 5.43 Å². The molecule has 2 aromatic rings. The van der Waals surface area contributed by atoms with E-state index in [1.54, 1.807) is 43.5 Å². The molecule has 2 amide bonds. The zero-order chi connectivity index (χ0) is 16.7. The highest BCUT2D eigenvalue weighted by Crippen LogP contribution is 2.10. The van der Waals surface area contributed by atoms with Crippen LogP contribution in [-0.4, -0.2) is 25.1 Å². The lowest BCUT2D eigenvalue weighted by Crippen LogP contribution is -2.32. The molecule has 6 heteroatoms. The van der Waals surface area contributed by atoms with Crippen molar-refractivity contribution in [3.8, 4) is 5.75 Å². The van der Waals surface area contributed by atoms with E-state index in [0.717, 1.165) is 16.9 Å². The predicted molar refractivity (Wildman–Crippen MR) is 88.5 cm³/mol. The minimum absolute atomic E-state index is 0.551. The van der Waals surface area contributed by atoms with Crippen molar-refractivity contribution in [3.63, 3.8) is 0 Å². The molecule has 0 radical (unpaired) electrons. The summed E-state index contributed by atoms with van der Waals surface area (Å²) in [6.45, 7) is 1.94. The van der Waals surface area contributed by atoms with Gasteiger partial charge in [-0.05, 0) is 48.9 Å². The number of hydrogen-bond donors (Lipinski definition) is 2. The average Bonchev–Trinajstić information content (AvgIpc) is 2.57. The SMILES string of the molecule is COc1ccc(/C=N/NC(=O)C(=O)Nc2ccc(C)cc2)cc1.